The molecule has 0 spiro atoms. The lowest BCUT2D eigenvalue weighted by Crippen LogP contribution is -2.29. The number of nitrogens with zero attached hydrogens (tertiary/aromatic N) is 2. The Morgan fingerprint density at radius 3 is 2.95 bits per heavy atom. The molecule has 21 heavy (non-hydrogen) atoms. The molecule has 5 heteroatoms. The van der Waals surface area contributed by atoms with Crippen LogP contribution in [0.1, 0.15) is 18.9 Å². The molecule has 1 aromatic heterocycles. The maximum atomic E-state index is 6.24. The Hall–Kier alpha value is -0.870. The molecule has 1 aromatic carbocycles. The third-order valence-electron chi connectivity index (χ3n) is 4.25. The number of halogens is 2. The van der Waals surface area contributed by atoms with E-state index in [4.69, 9.17) is 17.3 Å². The average molecular weight is 326 g/mol. The van der Waals surface area contributed by atoms with Gasteiger partial charge < -0.3 is 5.73 Å². The zero-order chi connectivity index (χ0) is 14.1. The van der Waals surface area contributed by atoms with Crippen LogP contribution in [0.15, 0.2) is 30.5 Å². The number of aromatic nitrogens is 1. The molecule has 2 aromatic rings. The van der Waals surface area contributed by atoms with Crippen LogP contribution in [0.25, 0.3) is 10.9 Å². The molecule has 3 rings (SSSR count). The Morgan fingerprint density at radius 1 is 1.43 bits per heavy atom. The molecular formula is C16H21Cl2N3. The molecule has 2 heterocycles. The largest absolute Gasteiger partial charge is 0.328 e. The molecule has 1 saturated heterocycles. The molecule has 2 atom stereocenters. The van der Waals surface area contributed by atoms with Gasteiger partial charge in [0.05, 0.1) is 5.52 Å². The molecule has 1 aliphatic heterocycles. The fourth-order valence-electron chi connectivity index (χ4n) is 3.00. The van der Waals surface area contributed by atoms with Gasteiger partial charge in [0.15, 0.2) is 0 Å². The Balaban J connectivity index is 0.00000161. The molecule has 0 amide bonds. The molecule has 3 nitrogen and oxygen atoms in total. The molecule has 1 fully saturated rings. The fourth-order valence-corrected chi connectivity index (χ4v) is 3.22. The number of hydrogen-bond donors (Lipinski definition) is 1. The van der Waals surface area contributed by atoms with E-state index in [1.165, 1.54) is 12.0 Å². The van der Waals surface area contributed by atoms with Crippen LogP contribution in [0.5, 0.6) is 0 Å². The minimum Gasteiger partial charge on any atom is -0.328 e. The summed E-state index contributed by atoms with van der Waals surface area (Å²) < 4.78 is 0. The Kier molecular flexibility index (Phi) is 5.44. The van der Waals surface area contributed by atoms with Crippen LogP contribution in [0.3, 0.4) is 0 Å². The highest BCUT2D eigenvalue weighted by Crippen LogP contribution is 2.27. The smallest absolute Gasteiger partial charge is 0.0761 e. The van der Waals surface area contributed by atoms with Crippen molar-refractivity contribution in [1.29, 1.82) is 0 Å². The quantitative estimate of drug-likeness (QED) is 0.939. The van der Waals surface area contributed by atoms with Crippen molar-refractivity contribution in [3.05, 3.63) is 41.0 Å². The van der Waals surface area contributed by atoms with Gasteiger partial charge in [0, 0.05) is 35.7 Å². The molecular weight excluding hydrogens is 305 g/mol. The van der Waals surface area contributed by atoms with E-state index in [2.05, 4.69) is 22.9 Å². The number of rotatable bonds is 3. The first-order valence-corrected chi connectivity index (χ1v) is 7.53. The summed E-state index contributed by atoms with van der Waals surface area (Å²) in [5, 5.41) is 1.81. The van der Waals surface area contributed by atoms with E-state index in [9.17, 15) is 0 Å². The van der Waals surface area contributed by atoms with Crippen molar-refractivity contribution in [2.24, 2.45) is 11.7 Å². The van der Waals surface area contributed by atoms with Crippen LogP contribution < -0.4 is 5.73 Å². The van der Waals surface area contributed by atoms with Crippen LogP contribution in [0.2, 0.25) is 5.02 Å². The number of nitrogens with two attached hydrogens (primary N) is 1. The van der Waals surface area contributed by atoms with Gasteiger partial charge in [-0.25, -0.2) is 0 Å². The highest BCUT2D eigenvalue weighted by molar-refractivity contribution is 6.35. The summed E-state index contributed by atoms with van der Waals surface area (Å²) in [4.78, 5) is 6.97. The van der Waals surface area contributed by atoms with Gasteiger partial charge in [0.1, 0.15) is 0 Å². The van der Waals surface area contributed by atoms with Gasteiger partial charge in [0.25, 0.3) is 0 Å². The lowest BCUT2D eigenvalue weighted by molar-refractivity contribution is 0.309. The summed E-state index contributed by atoms with van der Waals surface area (Å²) in [5.74, 6) is 0.613. The highest BCUT2D eigenvalue weighted by atomic mass is 35.5. The second kappa shape index (κ2) is 6.93. The third kappa shape index (κ3) is 3.49. The second-order valence-corrected chi connectivity index (χ2v) is 6.16. The van der Waals surface area contributed by atoms with Crippen LogP contribution in [0.4, 0.5) is 0 Å². The van der Waals surface area contributed by atoms with Crippen molar-refractivity contribution in [3.8, 4) is 0 Å². The van der Waals surface area contributed by atoms with E-state index < -0.39 is 0 Å². The highest BCUT2D eigenvalue weighted by Gasteiger charge is 2.25. The van der Waals surface area contributed by atoms with Gasteiger partial charge in [-0.15, -0.1) is 12.4 Å². The predicted molar refractivity (Wildman–Crippen MR) is 91.0 cm³/mol. The zero-order valence-electron chi connectivity index (χ0n) is 12.1. The fraction of sp³-hybridized carbons (Fsp3) is 0.438. The van der Waals surface area contributed by atoms with Gasteiger partial charge in [-0.3, -0.25) is 9.88 Å². The number of likely N-dealkylation sites (tertiary alicyclic amines) is 1. The first-order chi connectivity index (χ1) is 9.65. The van der Waals surface area contributed by atoms with E-state index in [-0.39, 0.29) is 18.4 Å². The summed E-state index contributed by atoms with van der Waals surface area (Å²) in [7, 11) is 0. The van der Waals surface area contributed by atoms with E-state index in [1.54, 1.807) is 0 Å². The van der Waals surface area contributed by atoms with Crippen molar-refractivity contribution >= 4 is 34.9 Å². The maximum Gasteiger partial charge on any atom is 0.0761 e. The Morgan fingerprint density at radius 2 is 2.24 bits per heavy atom. The number of fused-ring (bicyclic) bond motifs is 1. The van der Waals surface area contributed by atoms with Crippen molar-refractivity contribution in [3.63, 3.8) is 0 Å². The van der Waals surface area contributed by atoms with Gasteiger partial charge >= 0.3 is 0 Å². The standard InChI is InChI=1S/C16H20ClN3.ClH/c1-11(18)12-6-8-20(9-12)10-13-4-5-15(17)14-3-2-7-19-16(13)14;/h2-5,7,11-12H,6,8-10,18H2,1H3;1H. The normalized spacial score (nSPS) is 20.4. The van der Waals surface area contributed by atoms with Gasteiger partial charge in [0.2, 0.25) is 0 Å². The van der Waals surface area contributed by atoms with Crippen LogP contribution in [-0.2, 0) is 6.54 Å². The van der Waals surface area contributed by atoms with Crippen LogP contribution >= 0.6 is 24.0 Å². The van der Waals surface area contributed by atoms with E-state index in [0.29, 0.717) is 5.92 Å². The van der Waals surface area contributed by atoms with Crippen molar-refractivity contribution in [1.82, 2.24) is 9.88 Å². The Labute approximate surface area is 136 Å². The molecule has 0 bridgehead atoms. The first-order valence-electron chi connectivity index (χ1n) is 7.15. The summed E-state index contributed by atoms with van der Waals surface area (Å²) >= 11 is 6.24. The van der Waals surface area contributed by atoms with Crippen LogP contribution in [0, 0.1) is 5.92 Å². The molecule has 0 radical (unpaired) electrons. The monoisotopic (exact) mass is 325 g/mol. The lowest BCUT2D eigenvalue weighted by atomic mass is 10.0. The van der Waals surface area contributed by atoms with Crippen molar-refractivity contribution in [2.45, 2.75) is 25.9 Å². The number of hydrogen-bond acceptors (Lipinski definition) is 3. The molecule has 2 unspecified atom stereocenters. The summed E-state index contributed by atoms with van der Waals surface area (Å²) in [6.45, 7) is 5.22. The van der Waals surface area contributed by atoms with Crippen LogP contribution in [-0.4, -0.2) is 29.0 Å². The SMILES string of the molecule is CC(N)C1CCN(Cc2ccc(Cl)c3cccnc23)C1.Cl. The Bertz CT molecular complexity index is 615. The van der Waals surface area contributed by atoms with E-state index in [0.717, 1.165) is 35.6 Å². The average Bonchev–Trinajstić information content (AvgIpc) is 2.91. The van der Waals surface area contributed by atoms with Crippen molar-refractivity contribution in [2.75, 3.05) is 13.1 Å². The minimum absolute atomic E-state index is 0. The molecule has 2 N–H and O–H groups in total. The zero-order valence-corrected chi connectivity index (χ0v) is 13.7. The summed E-state index contributed by atoms with van der Waals surface area (Å²) in [6, 6.07) is 8.31. The maximum absolute atomic E-state index is 6.24. The lowest BCUT2D eigenvalue weighted by Gasteiger charge is -2.18. The molecule has 0 aliphatic carbocycles. The second-order valence-electron chi connectivity index (χ2n) is 5.75. The number of benzene rings is 1. The molecule has 0 saturated carbocycles. The summed E-state index contributed by atoms with van der Waals surface area (Å²) in [5.41, 5.74) is 8.27. The molecule has 1 aliphatic rings. The third-order valence-corrected chi connectivity index (χ3v) is 4.58. The molecule has 114 valence electrons. The van der Waals surface area contributed by atoms with E-state index in [1.807, 2.05) is 24.4 Å². The number of pyridine rings is 1. The van der Waals surface area contributed by atoms with Gasteiger partial charge in [-0.05, 0) is 49.6 Å². The minimum atomic E-state index is 0. The van der Waals surface area contributed by atoms with Gasteiger partial charge in [-0.2, -0.15) is 0 Å². The first kappa shape index (κ1) is 16.5. The van der Waals surface area contributed by atoms with Crippen molar-refractivity contribution < 1.29 is 0 Å². The topological polar surface area (TPSA) is 42.1 Å². The van der Waals surface area contributed by atoms with E-state index >= 15 is 0 Å². The summed E-state index contributed by atoms with van der Waals surface area (Å²) in [6.07, 6.45) is 3.02. The van der Waals surface area contributed by atoms with Gasteiger partial charge in [-0.1, -0.05) is 17.7 Å². The predicted octanol–water partition coefficient (Wildman–Crippen LogP) is 3.48.